The van der Waals surface area contributed by atoms with Crippen molar-refractivity contribution in [3.05, 3.63) is 54.3 Å². The summed E-state index contributed by atoms with van der Waals surface area (Å²) in [6.07, 6.45) is 2.09. The van der Waals surface area contributed by atoms with Gasteiger partial charge in [-0.1, -0.05) is 24.3 Å². The van der Waals surface area contributed by atoms with Gasteiger partial charge < -0.3 is 19.1 Å². The summed E-state index contributed by atoms with van der Waals surface area (Å²) < 4.78 is 30.6. The maximum Gasteiger partial charge on any atom is 0.267 e. The van der Waals surface area contributed by atoms with E-state index < -0.39 is 6.10 Å². The quantitative estimate of drug-likeness (QED) is 0.788. The molecule has 0 saturated carbocycles. The highest BCUT2D eigenvalue weighted by molar-refractivity contribution is 5.82. The minimum atomic E-state index is -0.587. The van der Waals surface area contributed by atoms with E-state index in [0.717, 1.165) is 19.3 Å². The molecule has 0 N–H and O–H groups in total. The Bertz CT molecular complexity index is 820. The predicted molar refractivity (Wildman–Crippen MR) is 102 cm³/mol. The number of hydrogen-bond acceptors (Lipinski definition) is 4. The third kappa shape index (κ3) is 4.21. The summed E-state index contributed by atoms with van der Waals surface area (Å²) in [6.45, 7) is 2.12. The number of halogens is 1. The Morgan fingerprint density at radius 1 is 1.07 bits per heavy atom. The summed E-state index contributed by atoms with van der Waals surface area (Å²) >= 11 is 0. The van der Waals surface area contributed by atoms with E-state index in [4.69, 9.17) is 14.2 Å². The molecular weight excluding hydrogens is 361 g/mol. The average molecular weight is 385 g/mol. The molecule has 2 heterocycles. The largest absolute Gasteiger partial charge is 0.491 e. The molecule has 0 unspecified atom stereocenters. The molecule has 2 aromatic rings. The standard InChI is InChI=1S/C22H24FNO4/c23-17-5-1-2-6-18(17)26-14-11-16-9-12-24(13-10-16)22(25)21-15-27-19-7-3-4-8-20(19)28-21/h1-8,16,21H,9-15H2/t21-/m1/s1. The number of ether oxygens (including phenoxy) is 3. The lowest BCUT2D eigenvalue weighted by Gasteiger charge is -2.35. The molecule has 28 heavy (non-hydrogen) atoms. The fourth-order valence-electron chi connectivity index (χ4n) is 3.68. The topological polar surface area (TPSA) is 48.0 Å². The first-order chi connectivity index (χ1) is 13.7. The Kier molecular flexibility index (Phi) is 5.65. The van der Waals surface area contributed by atoms with Crippen molar-refractivity contribution >= 4 is 5.91 Å². The van der Waals surface area contributed by atoms with Gasteiger partial charge in [0, 0.05) is 13.1 Å². The van der Waals surface area contributed by atoms with Gasteiger partial charge in [-0.05, 0) is 49.4 Å². The molecule has 1 amide bonds. The SMILES string of the molecule is O=C([C@H]1COc2ccccc2O1)N1CCC(CCOc2ccccc2F)CC1. The van der Waals surface area contributed by atoms with E-state index in [0.29, 0.717) is 42.9 Å². The zero-order valence-electron chi connectivity index (χ0n) is 15.7. The minimum Gasteiger partial charge on any atom is -0.491 e. The van der Waals surface area contributed by atoms with Gasteiger partial charge in [0.2, 0.25) is 6.10 Å². The predicted octanol–water partition coefficient (Wildman–Crippen LogP) is 3.67. The Morgan fingerprint density at radius 3 is 2.57 bits per heavy atom. The van der Waals surface area contributed by atoms with Gasteiger partial charge in [-0.25, -0.2) is 4.39 Å². The lowest BCUT2D eigenvalue weighted by atomic mass is 9.93. The molecule has 2 aliphatic rings. The van der Waals surface area contributed by atoms with E-state index in [1.807, 2.05) is 29.2 Å². The highest BCUT2D eigenvalue weighted by Crippen LogP contribution is 2.32. The van der Waals surface area contributed by atoms with Gasteiger partial charge in [-0.3, -0.25) is 4.79 Å². The molecule has 5 nitrogen and oxygen atoms in total. The van der Waals surface area contributed by atoms with Gasteiger partial charge in [0.15, 0.2) is 23.1 Å². The Labute approximate surface area is 164 Å². The van der Waals surface area contributed by atoms with Crippen molar-refractivity contribution in [1.29, 1.82) is 0 Å². The first kappa shape index (κ1) is 18.6. The number of piperidine rings is 1. The lowest BCUT2D eigenvalue weighted by Crippen LogP contribution is -2.49. The molecule has 0 spiro atoms. The average Bonchev–Trinajstić information content (AvgIpc) is 2.75. The number of amides is 1. The van der Waals surface area contributed by atoms with Crippen molar-refractivity contribution in [3.63, 3.8) is 0 Å². The van der Waals surface area contributed by atoms with E-state index >= 15 is 0 Å². The molecule has 4 rings (SSSR count). The molecular formula is C22H24FNO4. The van der Waals surface area contributed by atoms with Gasteiger partial charge in [-0.2, -0.15) is 0 Å². The molecule has 6 heteroatoms. The van der Waals surface area contributed by atoms with Gasteiger partial charge in [0.05, 0.1) is 6.61 Å². The summed E-state index contributed by atoms with van der Waals surface area (Å²) in [6, 6.07) is 13.8. The van der Waals surface area contributed by atoms with Crippen molar-refractivity contribution < 1.29 is 23.4 Å². The summed E-state index contributed by atoms with van der Waals surface area (Å²) in [7, 11) is 0. The van der Waals surface area contributed by atoms with E-state index in [1.165, 1.54) is 6.07 Å². The van der Waals surface area contributed by atoms with Crippen LogP contribution in [0.5, 0.6) is 17.2 Å². The molecule has 2 aliphatic heterocycles. The molecule has 1 saturated heterocycles. The van der Waals surface area contributed by atoms with Crippen molar-refractivity contribution in [2.45, 2.75) is 25.4 Å². The lowest BCUT2D eigenvalue weighted by molar-refractivity contribution is -0.142. The van der Waals surface area contributed by atoms with Crippen molar-refractivity contribution in [3.8, 4) is 17.2 Å². The van der Waals surface area contributed by atoms with Gasteiger partial charge in [0.25, 0.3) is 5.91 Å². The van der Waals surface area contributed by atoms with E-state index in [9.17, 15) is 9.18 Å². The number of hydrogen-bond donors (Lipinski definition) is 0. The highest BCUT2D eigenvalue weighted by Gasteiger charge is 2.33. The third-order valence-electron chi connectivity index (χ3n) is 5.33. The summed E-state index contributed by atoms with van der Waals surface area (Å²) in [5, 5.41) is 0. The first-order valence-corrected chi connectivity index (χ1v) is 9.75. The first-order valence-electron chi connectivity index (χ1n) is 9.75. The molecule has 0 aliphatic carbocycles. The summed E-state index contributed by atoms with van der Waals surface area (Å²) in [5.41, 5.74) is 0. The van der Waals surface area contributed by atoms with Crippen LogP contribution in [0.15, 0.2) is 48.5 Å². The highest BCUT2D eigenvalue weighted by atomic mass is 19.1. The maximum absolute atomic E-state index is 13.6. The van der Waals surface area contributed by atoms with E-state index in [-0.39, 0.29) is 18.3 Å². The third-order valence-corrected chi connectivity index (χ3v) is 5.33. The molecule has 148 valence electrons. The van der Waals surface area contributed by atoms with Crippen molar-refractivity contribution in [2.24, 2.45) is 5.92 Å². The molecule has 2 aromatic carbocycles. The number of carbonyl (C=O) groups is 1. The van der Waals surface area contributed by atoms with E-state index in [1.54, 1.807) is 18.2 Å². The number of likely N-dealkylation sites (tertiary alicyclic amines) is 1. The number of nitrogens with zero attached hydrogens (tertiary/aromatic N) is 1. The van der Waals surface area contributed by atoms with Crippen LogP contribution < -0.4 is 14.2 Å². The Morgan fingerprint density at radius 2 is 1.79 bits per heavy atom. The molecule has 0 bridgehead atoms. The monoisotopic (exact) mass is 385 g/mol. The minimum absolute atomic E-state index is 0.0180. The summed E-state index contributed by atoms with van der Waals surface area (Å²) in [5.74, 6) is 1.71. The summed E-state index contributed by atoms with van der Waals surface area (Å²) in [4.78, 5) is 14.6. The van der Waals surface area contributed by atoms with Gasteiger partial charge in [0.1, 0.15) is 6.61 Å². The number of fused-ring (bicyclic) bond motifs is 1. The van der Waals surface area contributed by atoms with Gasteiger partial charge >= 0.3 is 0 Å². The normalized spacial score (nSPS) is 19.3. The second-order valence-corrected chi connectivity index (χ2v) is 7.20. The smallest absolute Gasteiger partial charge is 0.267 e. The number of rotatable bonds is 5. The molecule has 0 aromatic heterocycles. The van der Waals surface area contributed by atoms with Crippen LogP contribution in [0.25, 0.3) is 0 Å². The fourth-order valence-corrected chi connectivity index (χ4v) is 3.68. The zero-order valence-corrected chi connectivity index (χ0v) is 15.7. The second-order valence-electron chi connectivity index (χ2n) is 7.20. The Hall–Kier alpha value is -2.76. The van der Waals surface area contributed by atoms with Crippen LogP contribution in [0.3, 0.4) is 0 Å². The zero-order chi connectivity index (χ0) is 19.3. The van der Waals surface area contributed by atoms with Crippen molar-refractivity contribution in [2.75, 3.05) is 26.3 Å². The molecule has 1 atom stereocenters. The van der Waals surface area contributed by atoms with Crippen LogP contribution in [0, 0.1) is 11.7 Å². The van der Waals surface area contributed by atoms with Crippen LogP contribution in [0.2, 0.25) is 0 Å². The number of benzene rings is 2. The van der Waals surface area contributed by atoms with Crippen LogP contribution in [0.1, 0.15) is 19.3 Å². The van der Waals surface area contributed by atoms with Crippen LogP contribution in [-0.4, -0.2) is 43.2 Å². The van der Waals surface area contributed by atoms with E-state index in [2.05, 4.69) is 0 Å². The van der Waals surface area contributed by atoms with Crippen LogP contribution in [-0.2, 0) is 4.79 Å². The Balaban J connectivity index is 1.22. The maximum atomic E-state index is 13.6. The van der Waals surface area contributed by atoms with Crippen molar-refractivity contribution in [1.82, 2.24) is 4.90 Å². The number of carbonyl (C=O) groups excluding carboxylic acids is 1. The van der Waals surface area contributed by atoms with Gasteiger partial charge in [-0.15, -0.1) is 0 Å². The molecule has 0 radical (unpaired) electrons. The molecule has 1 fully saturated rings. The second kappa shape index (κ2) is 8.50. The van der Waals surface area contributed by atoms with Crippen LogP contribution in [0.4, 0.5) is 4.39 Å². The van der Waals surface area contributed by atoms with Crippen LogP contribution >= 0.6 is 0 Å². The fraction of sp³-hybridized carbons (Fsp3) is 0.409. The number of para-hydroxylation sites is 3.